The van der Waals surface area contributed by atoms with Crippen LogP contribution in [-0.4, -0.2) is 53.2 Å². The number of nitrogens with one attached hydrogen (secondary N) is 1. The second kappa shape index (κ2) is 5.68. The van der Waals surface area contributed by atoms with Crippen molar-refractivity contribution >= 4 is 38.3 Å². The molecule has 1 saturated heterocycles. The van der Waals surface area contributed by atoms with Gasteiger partial charge in [0.1, 0.15) is 12.0 Å². The summed E-state index contributed by atoms with van der Waals surface area (Å²) in [5.74, 6) is -0.192. The summed E-state index contributed by atoms with van der Waals surface area (Å²) in [6.07, 6.45) is 4.94. The molecule has 5 rings (SSSR count). The minimum Gasteiger partial charge on any atom is -0.633 e. The van der Waals surface area contributed by atoms with Crippen LogP contribution in [0.2, 0.25) is 0 Å². The van der Waals surface area contributed by atoms with E-state index in [2.05, 4.69) is 39.1 Å². The molecule has 1 fully saturated rings. The summed E-state index contributed by atoms with van der Waals surface area (Å²) >= 11 is 3.63. The van der Waals surface area contributed by atoms with Crippen molar-refractivity contribution in [2.45, 2.75) is 25.3 Å². The molecule has 3 aliphatic rings. The van der Waals surface area contributed by atoms with Crippen LogP contribution >= 0.6 is 15.9 Å². The van der Waals surface area contributed by atoms with Crippen molar-refractivity contribution < 1.29 is 9.44 Å². The molecule has 1 aliphatic carbocycles. The smallest absolute Gasteiger partial charge is 0.235 e. The third-order valence-corrected chi connectivity index (χ3v) is 6.95. The molecule has 1 aromatic heterocycles. The number of rotatable bonds is 1. The van der Waals surface area contributed by atoms with Crippen molar-refractivity contribution in [1.29, 1.82) is 0 Å². The Kier molecular flexibility index (Phi) is 3.61. The average molecular weight is 416 g/mol. The van der Waals surface area contributed by atoms with Crippen LogP contribution in [0, 0.1) is 11.1 Å². The number of halogens is 1. The molecule has 3 atom stereocenters. The van der Waals surface area contributed by atoms with Crippen molar-refractivity contribution in [2.24, 2.45) is 5.92 Å². The summed E-state index contributed by atoms with van der Waals surface area (Å²) < 4.78 is 0.582. The first-order valence-corrected chi connectivity index (χ1v) is 10.1. The number of hydrogen-bond donors (Lipinski definition) is 1. The number of likely N-dealkylation sites (N-methyl/N-ethyl adjacent to an activating group) is 1. The van der Waals surface area contributed by atoms with Gasteiger partial charge < -0.3 is 19.7 Å². The van der Waals surface area contributed by atoms with Gasteiger partial charge in [-0.15, -0.1) is 0 Å². The number of H-pyrrole nitrogens is 1. The lowest BCUT2D eigenvalue weighted by molar-refractivity contribution is -0.880. The zero-order valence-corrected chi connectivity index (χ0v) is 16.4. The molecular weight excluding hydrogens is 394 g/mol. The van der Waals surface area contributed by atoms with Gasteiger partial charge in [0, 0.05) is 36.0 Å². The number of quaternary nitrogens is 1. The maximum Gasteiger partial charge on any atom is 0.235 e. The highest BCUT2D eigenvalue weighted by Crippen LogP contribution is 2.45. The summed E-state index contributed by atoms with van der Waals surface area (Å²) in [6.45, 7) is 1.99. The van der Waals surface area contributed by atoms with Crippen molar-refractivity contribution in [3.05, 3.63) is 45.2 Å². The molecule has 1 aromatic carbocycles. The second-order valence-corrected chi connectivity index (χ2v) is 8.78. The van der Waals surface area contributed by atoms with Gasteiger partial charge in [-0.2, -0.15) is 0 Å². The maximum absolute atomic E-state index is 13.5. The number of hydroxylamine groups is 3. The number of carbonyl (C=O) groups excluding carboxylic acids is 1. The molecule has 0 spiro atoms. The van der Waals surface area contributed by atoms with Gasteiger partial charge in [-0.1, -0.05) is 18.2 Å². The lowest BCUT2D eigenvalue weighted by atomic mass is 9.79. The highest BCUT2D eigenvalue weighted by atomic mass is 79.9. The van der Waals surface area contributed by atoms with Gasteiger partial charge in [-0.25, -0.2) is 0 Å². The number of carbonyl (C=O) groups is 1. The molecule has 2 aromatic rings. The van der Waals surface area contributed by atoms with Crippen molar-refractivity contribution in [3.63, 3.8) is 0 Å². The molecular formula is C20H22BrN3O2. The third-order valence-electron chi connectivity index (χ3n) is 6.28. The normalized spacial score (nSPS) is 30.4. The third kappa shape index (κ3) is 2.32. The Morgan fingerprint density at radius 3 is 2.88 bits per heavy atom. The molecule has 5 nitrogen and oxygen atoms in total. The first kappa shape index (κ1) is 16.5. The number of amides is 1. The topological polar surface area (TPSA) is 59.2 Å². The predicted octanol–water partition coefficient (Wildman–Crippen LogP) is 3.44. The number of hydrogen-bond acceptors (Lipinski definition) is 2. The lowest BCUT2D eigenvalue weighted by Gasteiger charge is -2.51. The maximum atomic E-state index is 13.5. The monoisotopic (exact) mass is 415 g/mol. The van der Waals surface area contributed by atoms with E-state index in [9.17, 15) is 10.0 Å². The Hall–Kier alpha value is -1.63. The summed E-state index contributed by atoms with van der Waals surface area (Å²) in [6, 6.07) is 6.03. The van der Waals surface area contributed by atoms with E-state index in [1.165, 1.54) is 10.9 Å². The summed E-state index contributed by atoms with van der Waals surface area (Å²) in [5.41, 5.74) is 4.42. The van der Waals surface area contributed by atoms with Crippen LogP contribution in [0.4, 0.5) is 0 Å². The molecule has 2 aliphatic heterocycles. The fourth-order valence-corrected chi connectivity index (χ4v) is 5.57. The van der Waals surface area contributed by atoms with Gasteiger partial charge in [0.05, 0.1) is 18.2 Å². The van der Waals surface area contributed by atoms with E-state index in [0.29, 0.717) is 13.0 Å². The number of aromatic amines is 1. The van der Waals surface area contributed by atoms with Gasteiger partial charge in [-0.3, -0.25) is 4.79 Å². The van der Waals surface area contributed by atoms with Crippen molar-refractivity contribution in [2.75, 3.05) is 26.7 Å². The highest BCUT2D eigenvalue weighted by Gasteiger charge is 2.43. The Bertz CT molecular complexity index is 940. The average Bonchev–Trinajstić information content (AvgIpc) is 3.24. The van der Waals surface area contributed by atoms with Gasteiger partial charge in [-0.05, 0) is 46.0 Å². The highest BCUT2D eigenvalue weighted by molar-refractivity contribution is 9.10. The quantitative estimate of drug-likeness (QED) is 0.572. The van der Waals surface area contributed by atoms with Crippen LogP contribution in [-0.2, 0) is 11.2 Å². The standard InChI is InChI=1S/C20H22BrN3O2/c1-24(26)11-12(20(25)23-7-2-3-8-23)9-14-13-5-4-6-16-18(13)15(10-17(14)24)19(21)22-16/h4-6,9,12,17,22H,2-3,7-8,10-11H2,1H3/t12?,17?,24-/m1/s1. The minimum absolute atomic E-state index is 0.127. The zero-order valence-electron chi connectivity index (χ0n) is 14.8. The van der Waals surface area contributed by atoms with Gasteiger partial charge in [0.15, 0.2) is 0 Å². The van der Waals surface area contributed by atoms with Crippen LogP contribution in [0.3, 0.4) is 0 Å². The molecule has 2 unspecified atom stereocenters. The van der Waals surface area contributed by atoms with Crippen LogP contribution in [0.15, 0.2) is 28.9 Å². The molecule has 0 saturated carbocycles. The fraction of sp³-hybridized carbons (Fsp3) is 0.450. The number of benzene rings is 1. The van der Waals surface area contributed by atoms with E-state index in [1.54, 1.807) is 7.05 Å². The van der Waals surface area contributed by atoms with Crippen LogP contribution in [0.25, 0.3) is 16.5 Å². The van der Waals surface area contributed by atoms with Gasteiger partial charge in [0.25, 0.3) is 0 Å². The van der Waals surface area contributed by atoms with E-state index < -0.39 is 0 Å². The Balaban J connectivity index is 1.65. The summed E-state index contributed by atoms with van der Waals surface area (Å²) in [4.78, 5) is 18.3. The molecule has 0 bridgehead atoms. The molecule has 26 heavy (non-hydrogen) atoms. The predicted molar refractivity (Wildman–Crippen MR) is 105 cm³/mol. The van der Waals surface area contributed by atoms with E-state index in [1.807, 2.05) is 11.0 Å². The number of likely N-dealkylation sites (tertiary alicyclic amines) is 1. The molecule has 6 heteroatoms. The summed E-state index contributed by atoms with van der Waals surface area (Å²) in [5, 5.41) is 14.7. The van der Waals surface area contributed by atoms with E-state index in [0.717, 1.165) is 47.2 Å². The van der Waals surface area contributed by atoms with Gasteiger partial charge in [0.2, 0.25) is 5.91 Å². The van der Waals surface area contributed by atoms with Gasteiger partial charge >= 0.3 is 0 Å². The molecule has 3 heterocycles. The van der Waals surface area contributed by atoms with Crippen LogP contribution < -0.4 is 0 Å². The first-order valence-electron chi connectivity index (χ1n) is 9.32. The van der Waals surface area contributed by atoms with E-state index >= 15 is 0 Å². The van der Waals surface area contributed by atoms with E-state index in [4.69, 9.17) is 0 Å². The summed E-state index contributed by atoms with van der Waals surface area (Å²) in [7, 11) is 1.73. The lowest BCUT2D eigenvalue weighted by Crippen LogP contribution is -2.56. The fourth-order valence-electron chi connectivity index (χ4n) is 5.00. The first-order chi connectivity index (χ1) is 12.5. The molecule has 136 valence electrons. The number of aromatic nitrogens is 1. The SMILES string of the molecule is C[N@@+]1([O-])CC(C(=O)N2CCCC2)C=C2c3cccc4[nH]c(Br)c(c34)CC21. The Labute approximate surface area is 161 Å². The number of fused-ring (bicyclic) bond motifs is 2. The van der Waals surface area contributed by atoms with Crippen molar-refractivity contribution in [3.8, 4) is 0 Å². The molecule has 1 amide bonds. The minimum atomic E-state index is -0.385. The van der Waals surface area contributed by atoms with E-state index in [-0.39, 0.29) is 22.5 Å². The zero-order chi connectivity index (χ0) is 18.1. The van der Waals surface area contributed by atoms with Crippen LogP contribution in [0.5, 0.6) is 0 Å². The Morgan fingerprint density at radius 2 is 2.12 bits per heavy atom. The number of nitrogens with zero attached hydrogens (tertiary/aromatic N) is 2. The van der Waals surface area contributed by atoms with Crippen molar-refractivity contribution in [1.82, 2.24) is 9.88 Å². The molecule has 0 radical (unpaired) electrons. The van der Waals surface area contributed by atoms with Crippen LogP contribution in [0.1, 0.15) is 24.0 Å². The Morgan fingerprint density at radius 1 is 1.35 bits per heavy atom. The second-order valence-electron chi connectivity index (χ2n) is 7.98. The largest absolute Gasteiger partial charge is 0.633 e. The molecule has 1 N–H and O–H groups in total.